The first-order valence-electron chi connectivity index (χ1n) is 9.18. The van der Waals surface area contributed by atoms with Gasteiger partial charge in [0.1, 0.15) is 5.76 Å². The van der Waals surface area contributed by atoms with Crippen LogP contribution < -0.4 is 4.90 Å². The molecule has 3 heterocycles. The summed E-state index contributed by atoms with van der Waals surface area (Å²) in [5, 5.41) is 9.08. The molecule has 2 aliphatic rings. The molecule has 1 N–H and O–H groups in total. The fraction of sp³-hybridized carbons (Fsp3) is 0.526. The first-order valence-corrected chi connectivity index (χ1v) is 9.18. The number of carbonyl (C=O) groups excluding carboxylic acids is 1. The van der Waals surface area contributed by atoms with Crippen molar-refractivity contribution in [3.8, 4) is 0 Å². The molecule has 0 saturated carbocycles. The topological polar surface area (TPSA) is 82.7 Å². The molecule has 0 aromatic carbocycles. The van der Waals surface area contributed by atoms with Crippen LogP contribution in [0.5, 0.6) is 0 Å². The summed E-state index contributed by atoms with van der Waals surface area (Å²) in [5.41, 5.74) is 2.30. The first-order chi connectivity index (χ1) is 12.7. The number of furan rings is 1. The molecular weight excluding hydrogens is 332 g/mol. The maximum absolute atomic E-state index is 12.6. The molecule has 7 nitrogen and oxygen atoms in total. The summed E-state index contributed by atoms with van der Waals surface area (Å²) in [5.74, 6) is 1.70. The smallest absolute Gasteiger partial charge is 0.225 e. The highest BCUT2D eigenvalue weighted by atomic mass is 16.3. The first kappa shape index (κ1) is 17.2. The zero-order valence-electron chi connectivity index (χ0n) is 15.0. The van der Waals surface area contributed by atoms with Crippen molar-refractivity contribution in [2.45, 2.75) is 25.7 Å². The number of β-amino-alcohol motifs (C(OH)–C–C–N with tert-alkyl or cyclic N) is 1. The third-order valence-electron chi connectivity index (χ3n) is 5.32. The predicted octanol–water partition coefficient (Wildman–Crippen LogP) is 1.41. The summed E-state index contributed by atoms with van der Waals surface area (Å²) in [6.07, 6.45) is 2.80. The van der Waals surface area contributed by atoms with Crippen LogP contribution >= 0.6 is 0 Å². The lowest BCUT2D eigenvalue weighted by molar-refractivity contribution is 0.0957. The third-order valence-corrected chi connectivity index (χ3v) is 5.32. The lowest BCUT2D eigenvalue weighted by Crippen LogP contribution is -2.48. The zero-order valence-corrected chi connectivity index (χ0v) is 15.0. The molecule has 1 atom stereocenters. The Morgan fingerprint density at radius 1 is 1.23 bits per heavy atom. The summed E-state index contributed by atoms with van der Waals surface area (Å²) in [6, 6.07) is 3.79. The average molecular weight is 356 g/mol. The van der Waals surface area contributed by atoms with E-state index in [1.807, 2.05) is 19.1 Å². The molecule has 0 amide bonds. The van der Waals surface area contributed by atoms with E-state index in [0.717, 1.165) is 43.3 Å². The molecule has 2 aromatic rings. The second-order valence-electron chi connectivity index (χ2n) is 7.03. The number of anilines is 1. The molecule has 7 heteroatoms. The van der Waals surface area contributed by atoms with E-state index in [9.17, 15) is 4.79 Å². The molecule has 138 valence electrons. The maximum Gasteiger partial charge on any atom is 0.225 e. The van der Waals surface area contributed by atoms with Gasteiger partial charge in [0, 0.05) is 51.5 Å². The normalized spacial score (nSPS) is 21.1. The van der Waals surface area contributed by atoms with E-state index in [-0.39, 0.29) is 18.3 Å². The SMILES string of the molecule is Cc1nc(N2CCN(CCO)CC2)nc2c1C(=O)C[C@@H](c1ccco1)C2. The van der Waals surface area contributed by atoms with Crippen LogP contribution in [0, 0.1) is 6.92 Å². The fourth-order valence-corrected chi connectivity index (χ4v) is 3.94. The minimum absolute atomic E-state index is 0.0496. The zero-order chi connectivity index (χ0) is 18.1. The van der Waals surface area contributed by atoms with Crippen LogP contribution in [-0.2, 0) is 6.42 Å². The molecule has 1 aliphatic heterocycles. The van der Waals surface area contributed by atoms with Crippen molar-refractivity contribution < 1.29 is 14.3 Å². The summed E-state index contributed by atoms with van der Waals surface area (Å²) in [4.78, 5) is 26.4. The van der Waals surface area contributed by atoms with Gasteiger partial charge < -0.3 is 14.4 Å². The van der Waals surface area contributed by atoms with E-state index in [1.54, 1.807) is 6.26 Å². The number of aliphatic hydroxyl groups excluding tert-OH is 1. The van der Waals surface area contributed by atoms with Gasteiger partial charge in [0.25, 0.3) is 0 Å². The van der Waals surface area contributed by atoms with Crippen molar-refractivity contribution in [3.63, 3.8) is 0 Å². The maximum atomic E-state index is 12.6. The highest BCUT2D eigenvalue weighted by Crippen LogP contribution is 2.34. The van der Waals surface area contributed by atoms with Crippen LogP contribution in [-0.4, -0.2) is 65.1 Å². The van der Waals surface area contributed by atoms with E-state index in [0.29, 0.717) is 30.9 Å². The number of Topliss-reactive ketones (excluding diaryl/α,β-unsaturated/α-hetero) is 1. The lowest BCUT2D eigenvalue weighted by Gasteiger charge is -2.35. The second kappa shape index (κ2) is 7.17. The third kappa shape index (κ3) is 3.24. The molecule has 26 heavy (non-hydrogen) atoms. The van der Waals surface area contributed by atoms with Crippen LogP contribution in [0.25, 0.3) is 0 Å². The minimum Gasteiger partial charge on any atom is -0.469 e. The molecule has 0 spiro atoms. The molecule has 4 rings (SSSR count). The monoisotopic (exact) mass is 356 g/mol. The van der Waals surface area contributed by atoms with Gasteiger partial charge in [0.05, 0.1) is 29.8 Å². The summed E-state index contributed by atoms with van der Waals surface area (Å²) in [7, 11) is 0. The van der Waals surface area contributed by atoms with Crippen LogP contribution in [0.3, 0.4) is 0 Å². The van der Waals surface area contributed by atoms with E-state index in [2.05, 4.69) is 14.8 Å². The van der Waals surface area contributed by atoms with Crippen molar-refractivity contribution >= 4 is 11.7 Å². The number of ketones is 1. The Morgan fingerprint density at radius 3 is 2.73 bits per heavy atom. The standard InChI is InChI=1S/C19H24N4O3/c1-13-18-15(11-14(12-16(18)25)17-3-2-10-26-17)21-19(20-13)23-6-4-22(5-7-23)8-9-24/h2-3,10,14,24H,4-9,11-12H2,1H3/t14-/m0/s1. The molecule has 1 fully saturated rings. The van der Waals surface area contributed by atoms with Gasteiger partial charge in [-0.05, 0) is 19.1 Å². The lowest BCUT2D eigenvalue weighted by atomic mass is 9.84. The second-order valence-corrected chi connectivity index (χ2v) is 7.03. The van der Waals surface area contributed by atoms with Gasteiger partial charge >= 0.3 is 0 Å². The number of piperazine rings is 1. The number of rotatable bonds is 4. The Balaban J connectivity index is 1.57. The van der Waals surface area contributed by atoms with Gasteiger partial charge in [-0.15, -0.1) is 0 Å². The Labute approximate surface area is 152 Å². The number of hydrogen-bond acceptors (Lipinski definition) is 7. The summed E-state index contributed by atoms with van der Waals surface area (Å²) >= 11 is 0. The largest absolute Gasteiger partial charge is 0.469 e. The van der Waals surface area contributed by atoms with Gasteiger partial charge in [0.15, 0.2) is 5.78 Å². The van der Waals surface area contributed by atoms with Gasteiger partial charge in [-0.1, -0.05) is 0 Å². The Kier molecular flexibility index (Phi) is 4.74. The molecule has 2 aromatic heterocycles. The minimum atomic E-state index is 0.0496. The van der Waals surface area contributed by atoms with E-state index in [4.69, 9.17) is 14.5 Å². The Hall–Kier alpha value is -2.25. The van der Waals surface area contributed by atoms with Gasteiger partial charge in [0.2, 0.25) is 5.95 Å². The molecule has 1 aliphatic carbocycles. The number of carbonyl (C=O) groups is 1. The Bertz CT molecular complexity index is 782. The van der Waals surface area contributed by atoms with E-state index < -0.39 is 0 Å². The fourth-order valence-electron chi connectivity index (χ4n) is 3.94. The quantitative estimate of drug-likeness (QED) is 0.887. The van der Waals surface area contributed by atoms with Crippen molar-refractivity contribution in [1.82, 2.24) is 14.9 Å². The van der Waals surface area contributed by atoms with Gasteiger partial charge in [-0.3, -0.25) is 9.69 Å². The van der Waals surface area contributed by atoms with E-state index >= 15 is 0 Å². The summed E-state index contributed by atoms with van der Waals surface area (Å²) in [6.45, 7) is 6.21. The van der Waals surface area contributed by atoms with Crippen molar-refractivity contribution in [3.05, 3.63) is 41.1 Å². The number of aryl methyl sites for hydroxylation is 1. The molecule has 0 unspecified atom stereocenters. The van der Waals surface area contributed by atoms with Crippen molar-refractivity contribution in [2.75, 3.05) is 44.2 Å². The van der Waals surface area contributed by atoms with E-state index in [1.165, 1.54) is 0 Å². The number of hydrogen-bond donors (Lipinski definition) is 1. The summed E-state index contributed by atoms with van der Waals surface area (Å²) < 4.78 is 5.52. The molecule has 0 bridgehead atoms. The van der Waals surface area contributed by atoms with Gasteiger partial charge in [-0.2, -0.15) is 0 Å². The molecule has 1 saturated heterocycles. The predicted molar refractivity (Wildman–Crippen MR) is 96.6 cm³/mol. The van der Waals surface area contributed by atoms with Crippen LogP contribution in [0.2, 0.25) is 0 Å². The van der Waals surface area contributed by atoms with Crippen LogP contribution in [0.1, 0.15) is 39.8 Å². The van der Waals surface area contributed by atoms with Gasteiger partial charge in [-0.25, -0.2) is 9.97 Å². The number of aliphatic hydroxyl groups is 1. The molecular formula is C19H24N4O3. The van der Waals surface area contributed by atoms with Crippen LogP contribution in [0.15, 0.2) is 22.8 Å². The van der Waals surface area contributed by atoms with Crippen molar-refractivity contribution in [1.29, 1.82) is 0 Å². The number of aromatic nitrogens is 2. The van der Waals surface area contributed by atoms with Crippen LogP contribution in [0.4, 0.5) is 5.95 Å². The highest BCUT2D eigenvalue weighted by molar-refractivity contribution is 5.99. The Morgan fingerprint density at radius 2 is 2.04 bits per heavy atom. The highest BCUT2D eigenvalue weighted by Gasteiger charge is 2.32. The number of fused-ring (bicyclic) bond motifs is 1. The molecule has 0 radical (unpaired) electrons. The average Bonchev–Trinajstić information content (AvgIpc) is 3.16. The number of nitrogens with zero attached hydrogens (tertiary/aromatic N) is 4. The van der Waals surface area contributed by atoms with Crippen molar-refractivity contribution in [2.24, 2.45) is 0 Å².